The monoisotopic (exact) mass is 406 g/mol. The van der Waals surface area contributed by atoms with Crippen molar-refractivity contribution in [3.8, 4) is 0 Å². The molecular formula is C15H18Cl3FN6. The highest BCUT2D eigenvalue weighted by Crippen LogP contribution is 2.24. The van der Waals surface area contributed by atoms with E-state index in [2.05, 4.69) is 25.3 Å². The average Bonchev–Trinajstić information content (AvgIpc) is 2.87. The lowest BCUT2D eigenvalue weighted by atomic mass is 10.2. The molecule has 0 bridgehead atoms. The molecule has 25 heavy (non-hydrogen) atoms. The van der Waals surface area contributed by atoms with E-state index in [0.717, 1.165) is 11.1 Å². The zero-order chi connectivity index (χ0) is 16.4. The second kappa shape index (κ2) is 9.15. The zero-order valence-corrected chi connectivity index (χ0v) is 15.7. The smallest absolute Gasteiger partial charge is 0.226 e. The van der Waals surface area contributed by atoms with Gasteiger partial charge in [-0.1, -0.05) is 0 Å². The predicted molar refractivity (Wildman–Crippen MR) is 102 cm³/mol. The van der Waals surface area contributed by atoms with E-state index >= 15 is 0 Å². The summed E-state index contributed by atoms with van der Waals surface area (Å²) in [4.78, 5) is 15.3. The Balaban J connectivity index is 0.00000156. The summed E-state index contributed by atoms with van der Waals surface area (Å²) in [5, 5.41) is 4.00. The fourth-order valence-electron chi connectivity index (χ4n) is 2.35. The van der Waals surface area contributed by atoms with Crippen LogP contribution in [0.15, 0.2) is 24.5 Å². The van der Waals surface area contributed by atoms with E-state index in [1.54, 1.807) is 12.3 Å². The second-order valence-corrected chi connectivity index (χ2v) is 5.74. The van der Waals surface area contributed by atoms with Gasteiger partial charge in [0.25, 0.3) is 0 Å². The van der Waals surface area contributed by atoms with Gasteiger partial charge in [-0.2, -0.15) is 4.98 Å². The number of H-pyrrole nitrogens is 1. The molecule has 1 unspecified atom stereocenters. The van der Waals surface area contributed by atoms with Gasteiger partial charge in [-0.3, -0.25) is 4.98 Å². The molecule has 0 saturated carbocycles. The van der Waals surface area contributed by atoms with Crippen molar-refractivity contribution in [3.05, 3.63) is 46.9 Å². The van der Waals surface area contributed by atoms with Crippen LogP contribution in [-0.2, 0) is 13.0 Å². The fraction of sp³-hybridized carbons (Fsp3) is 0.267. The summed E-state index contributed by atoms with van der Waals surface area (Å²) in [6.45, 7) is 2.19. The van der Waals surface area contributed by atoms with Crippen molar-refractivity contribution in [2.45, 2.75) is 25.9 Å². The molecule has 0 spiro atoms. The Bertz CT molecular complexity index is 839. The maximum atomic E-state index is 13.7. The maximum Gasteiger partial charge on any atom is 0.226 e. The topological polar surface area (TPSA) is 92.5 Å². The Labute approximate surface area is 161 Å². The number of hydrogen-bond acceptors (Lipinski definition) is 5. The van der Waals surface area contributed by atoms with Crippen LogP contribution in [0.5, 0.6) is 0 Å². The average molecular weight is 408 g/mol. The molecule has 0 saturated heterocycles. The molecule has 0 fully saturated rings. The molecular weight excluding hydrogens is 390 g/mol. The molecule has 0 aromatic carbocycles. The summed E-state index contributed by atoms with van der Waals surface area (Å²) in [6, 6.07) is 3.56. The molecule has 3 rings (SSSR count). The first kappa shape index (κ1) is 21.4. The van der Waals surface area contributed by atoms with Crippen LogP contribution < -0.4 is 11.1 Å². The van der Waals surface area contributed by atoms with E-state index in [4.69, 9.17) is 17.3 Å². The van der Waals surface area contributed by atoms with Gasteiger partial charge in [-0.25, -0.2) is 9.37 Å². The van der Waals surface area contributed by atoms with Gasteiger partial charge >= 0.3 is 0 Å². The maximum absolute atomic E-state index is 13.7. The van der Waals surface area contributed by atoms with E-state index in [1.807, 2.05) is 13.0 Å². The van der Waals surface area contributed by atoms with Gasteiger partial charge in [-0.15, -0.1) is 24.8 Å². The molecule has 3 aromatic heterocycles. The summed E-state index contributed by atoms with van der Waals surface area (Å²) in [5.41, 5.74) is 7.89. The van der Waals surface area contributed by atoms with Crippen LogP contribution in [0.3, 0.4) is 0 Å². The molecule has 0 aliphatic carbocycles. The summed E-state index contributed by atoms with van der Waals surface area (Å²) >= 11 is 5.96. The molecule has 136 valence electrons. The van der Waals surface area contributed by atoms with Crippen molar-refractivity contribution < 1.29 is 4.39 Å². The predicted octanol–water partition coefficient (Wildman–Crippen LogP) is 3.49. The Morgan fingerprint density at radius 2 is 2.12 bits per heavy atom. The van der Waals surface area contributed by atoms with Crippen LogP contribution >= 0.6 is 36.4 Å². The molecule has 10 heteroatoms. The third-order valence-electron chi connectivity index (χ3n) is 3.36. The largest absolute Gasteiger partial charge is 0.365 e. The van der Waals surface area contributed by atoms with Crippen LogP contribution in [0.4, 0.5) is 10.2 Å². The zero-order valence-electron chi connectivity index (χ0n) is 13.3. The SMILES string of the molecule is CC(N)Cc1cc2c(NCc3ccncc3F)nc(Cl)nc2[nH]1.Cl.Cl. The van der Waals surface area contributed by atoms with Crippen LogP contribution in [0, 0.1) is 5.82 Å². The lowest BCUT2D eigenvalue weighted by molar-refractivity contribution is 0.606. The number of fused-ring (bicyclic) bond motifs is 1. The number of aromatic nitrogens is 4. The van der Waals surface area contributed by atoms with Gasteiger partial charge in [0.1, 0.15) is 17.3 Å². The number of halogens is 4. The molecule has 6 nitrogen and oxygen atoms in total. The number of hydrogen-bond donors (Lipinski definition) is 3. The van der Waals surface area contributed by atoms with Crippen LogP contribution in [0.25, 0.3) is 11.0 Å². The number of pyridine rings is 1. The molecule has 0 amide bonds. The quantitative estimate of drug-likeness (QED) is 0.563. The number of rotatable bonds is 5. The number of aromatic amines is 1. The van der Waals surface area contributed by atoms with Gasteiger partial charge in [0.2, 0.25) is 5.28 Å². The first-order valence-corrected chi connectivity index (χ1v) is 7.53. The van der Waals surface area contributed by atoms with Crippen molar-refractivity contribution in [2.24, 2.45) is 5.73 Å². The van der Waals surface area contributed by atoms with Gasteiger partial charge in [0.15, 0.2) is 0 Å². The third kappa shape index (κ3) is 5.15. The number of nitrogens with zero attached hydrogens (tertiary/aromatic N) is 3. The summed E-state index contributed by atoms with van der Waals surface area (Å²) in [7, 11) is 0. The minimum absolute atomic E-state index is 0. The highest BCUT2D eigenvalue weighted by molar-refractivity contribution is 6.28. The lowest BCUT2D eigenvalue weighted by Crippen LogP contribution is -2.17. The minimum Gasteiger partial charge on any atom is -0.365 e. The summed E-state index contributed by atoms with van der Waals surface area (Å²) < 4.78 is 13.7. The van der Waals surface area contributed by atoms with E-state index in [9.17, 15) is 4.39 Å². The summed E-state index contributed by atoms with van der Waals surface area (Å²) in [6.07, 6.45) is 3.41. The fourth-order valence-corrected chi connectivity index (χ4v) is 2.52. The highest BCUT2D eigenvalue weighted by atomic mass is 35.5. The van der Waals surface area contributed by atoms with Crippen LogP contribution in [-0.4, -0.2) is 26.0 Å². The van der Waals surface area contributed by atoms with E-state index < -0.39 is 0 Å². The Morgan fingerprint density at radius 3 is 2.80 bits per heavy atom. The van der Waals surface area contributed by atoms with Crippen molar-refractivity contribution in [2.75, 3.05) is 5.32 Å². The van der Waals surface area contributed by atoms with E-state index in [1.165, 1.54) is 6.20 Å². The second-order valence-electron chi connectivity index (χ2n) is 5.40. The van der Waals surface area contributed by atoms with Crippen molar-refractivity contribution >= 4 is 53.3 Å². The van der Waals surface area contributed by atoms with Crippen LogP contribution in [0.1, 0.15) is 18.2 Å². The van der Waals surface area contributed by atoms with E-state index in [-0.39, 0.29) is 48.5 Å². The molecule has 3 aromatic rings. The molecule has 1 atom stereocenters. The summed E-state index contributed by atoms with van der Waals surface area (Å²) in [5.74, 6) is 0.173. The molecule has 3 heterocycles. The third-order valence-corrected chi connectivity index (χ3v) is 3.53. The van der Waals surface area contributed by atoms with Gasteiger partial charge in [0, 0.05) is 36.5 Å². The van der Waals surface area contributed by atoms with Crippen LogP contribution in [0.2, 0.25) is 5.28 Å². The first-order chi connectivity index (χ1) is 11.0. The first-order valence-electron chi connectivity index (χ1n) is 7.16. The lowest BCUT2D eigenvalue weighted by Gasteiger charge is -2.07. The Kier molecular flexibility index (Phi) is 7.82. The standard InChI is InChI=1S/C15H16ClFN6.2ClH/c1-8(18)4-10-5-11-13(22-15(16)23-14(11)21-10)20-6-9-2-3-19-7-12(9)17;;/h2-3,5,7-8H,4,6,18H2,1H3,(H2,20,21,22,23);2*1H. The minimum atomic E-state index is -0.372. The Morgan fingerprint density at radius 1 is 1.36 bits per heavy atom. The number of nitrogens with two attached hydrogens (primary N) is 1. The van der Waals surface area contributed by atoms with Gasteiger partial charge < -0.3 is 16.0 Å². The molecule has 0 aliphatic rings. The van der Waals surface area contributed by atoms with E-state index in [0.29, 0.717) is 23.4 Å². The molecule has 0 radical (unpaired) electrons. The number of anilines is 1. The van der Waals surface area contributed by atoms with Crippen molar-refractivity contribution in [3.63, 3.8) is 0 Å². The Hall–Kier alpha value is -1.67. The van der Waals surface area contributed by atoms with Gasteiger partial charge in [0.05, 0.1) is 11.6 Å². The normalized spacial score (nSPS) is 11.5. The molecule has 4 N–H and O–H groups in total. The van der Waals surface area contributed by atoms with Crippen molar-refractivity contribution in [1.82, 2.24) is 19.9 Å². The molecule has 0 aliphatic heterocycles. The highest BCUT2D eigenvalue weighted by Gasteiger charge is 2.12. The van der Waals surface area contributed by atoms with Gasteiger partial charge in [-0.05, 0) is 30.7 Å². The van der Waals surface area contributed by atoms with Crippen molar-refractivity contribution in [1.29, 1.82) is 0 Å². The number of nitrogens with one attached hydrogen (secondary N) is 2.